The second-order valence-electron chi connectivity index (χ2n) is 2.72. The molecule has 0 aliphatic heterocycles. The largest absolute Gasteiger partial charge is 0.459 e. The van der Waals surface area contributed by atoms with Crippen LogP contribution >= 0.6 is 0 Å². The van der Waals surface area contributed by atoms with Crippen LogP contribution in [0.2, 0.25) is 0 Å². The molecule has 0 radical (unpaired) electrons. The van der Waals surface area contributed by atoms with Gasteiger partial charge in [-0.2, -0.15) is 0 Å². The molecule has 0 unspecified atom stereocenters. The van der Waals surface area contributed by atoms with Crippen molar-refractivity contribution in [3.8, 4) is 0 Å². The van der Waals surface area contributed by atoms with Crippen molar-refractivity contribution in [2.45, 2.75) is 6.61 Å². The van der Waals surface area contributed by atoms with E-state index in [1.165, 1.54) is 19.2 Å². The second-order valence-corrected chi connectivity index (χ2v) is 2.72. The molecule has 0 atom stereocenters. The lowest BCUT2D eigenvalue weighted by Crippen LogP contribution is -2.10. The van der Waals surface area contributed by atoms with Gasteiger partial charge in [0, 0.05) is 7.11 Å². The third kappa shape index (κ3) is 3.53. The van der Waals surface area contributed by atoms with Crippen LogP contribution in [0.3, 0.4) is 0 Å². The van der Waals surface area contributed by atoms with Crippen molar-refractivity contribution in [1.82, 2.24) is 0 Å². The number of benzene rings is 1. The molecule has 0 amide bonds. The molecule has 4 heteroatoms. The monoisotopic (exact) mass is 198 g/mol. The Bertz CT molecular complexity index is 295. The van der Waals surface area contributed by atoms with Crippen molar-refractivity contribution in [3.63, 3.8) is 0 Å². The summed E-state index contributed by atoms with van der Waals surface area (Å²) in [5.41, 5.74) is 0.746. The predicted octanol–water partition coefficient (Wildman–Crippen LogP) is 1.52. The highest BCUT2D eigenvalue weighted by Gasteiger charge is 2.01. The lowest BCUT2D eigenvalue weighted by molar-refractivity contribution is -0.149. The fourth-order valence-corrected chi connectivity index (χ4v) is 0.904. The summed E-state index contributed by atoms with van der Waals surface area (Å²) in [6, 6.07) is 5.77. The summed E-state index contributed by atoms with van der Waals surface area (Å²) in [6.07, 6.45) is 0. The maximum Gasteiger partial charge on any atom is 0.332 e. The van der Waals surface area contributed by atoms with E-state index < -0.39 is 5.97 Å². The molecule has 0 bridgehead atoms. The van der Waals surface area contributed by atoms with E-state index in [0.29, 0.717) is 0 Å². The van der Waals surface area contributed by atoms with Gasteiger partial charge in [-0.15, -0.1) is 0 Å². The van der Waals surface area contributed by atoms with Gasteiger partial charge in [0.25, 0.3) is 0 Å². The molecule has 0 aromatic heterocycles. The fourth-order valence-electron chi connectivity index (χ4n) is 0.904. The summed E-state index contributed by atoms with van der Waals surface area (Å²) in [7, 11) is 1.42. The SMILES string of the molecule is COCC(=O)OCc1ccc(F)cc1. The normalized spacial score (nSPS) is 9.86. The first-order chi connectivity index (χ1) is 6.72. The van der Waals surface area contributed by atoms with E-state index >= 15 is 0 Å². The fraction of sp³-hybridized carbons (Fsp3) is 0.300. The average Bonchev–Trinajstić information content (AvgIpc) is 2.17. The number of carbonyl (C=O) groups excluding carboxylic acids is 1. The van der Waals surface area contributed by atoms with Crippen molar-refractivity contribution < 1.29 is 18.7 Å². The molecule has 1 aromatic carbocycles. The number of hydrogen-bond acceptors (Lipinski definition) is 3. The van der Waals surface area contributed by atoms with Gasteiger partial charge in [0.1, 0.15) is 19.0 Å². The van der Waals surface area contributed by atoms with E-state index in [0.717, 1.165) is 5.56 Å². The Morgan fingerprint density at radius 3 is 2.57 bits per heavy atom. The summed E-state index contributed by atoms with van der Waals surface area (Å²) >= 11 is 0. The number of ether oxygens (including phenoxy) is 2. The molecule has 14 heavy (non-hydrogen) atoms. The van der Waals surface area contributed by atoms with Gasteiger partial charge in [0.05, 0.1) is 0 Å². The Kier molecular flexibility index (Phi) is 4.07. The van der Waals surface area contributed by atoms with E-state index in [9.17, 15) is 9.18 Å². The highest BCUT2D eigenvalue weighted by atomic mass is 19.1. The van der Waals surface area contributed by atoms with Crippen molar-refractivity contribution in [1.29, 1.82) is 0 Å². The van der Waals surface area contributed by atoms with Gasteiger partial charge < -0.3 is 9.47 Å². The molecular formula is C10H11FO3. The summed E-state index contributed by atoms with van der Waals surface area (Å²) in [4.78, 5) is 10.9. The molecule has 0 saturated carbocycles. The summed E-state index contributed by atoms with van der Waals surface area (Å²) in [5, 5.41) is 0. The number of carbonyl (C=O) groups is 1. The zero-order valence-corrected chi connectivity index (χ0v) is 7.83. The molecule has 3 nitrogen and oxygen atoms in total. The highest BCUT2D eigenvalue weighted by Crippen LogP contribution is 2.04. The summed E-state index contributed by atoms with van der Waals surface area (Å²) < 4.78 is 21.9. The Morgan fingerprint density at radius 2 is 2.00 bits per heavy atom. The molecule has 0 spiro atoms. The first kappa shape index (κ1) is 10.7. The standard InChI is InChI=1S/C10H11FO3/c1-13-7-10(12)14-6-8-2-4-9(11)5-3-8/h2-5H,6-7H2,1H3. The maximum atomic E-state index is 12.5. The van der Waals surface area contributed by atoms with Crippen LogP contribution < -0.4 is 0 Å². The van der Waals surface area contributed by atoms with Crippen LogP contribution in [0.5, 0.6) is 0 Å². The molecule has 76 valence electrons. The third-order valence-electron chi connectivity index (χ3n) is 1.58. The van der Waals surface area contributed by atoms with E-state index in [1.807, 2.05) is 0 Å². The zero-order valence-electron chi connectivity index (χ0n) is 7.83. The first-order valence-corrected chi connectivity index (χ1v) is 4.11. The third-order valence-corrected chi connectivity index (χ3v) is 1.58. The van der Waals surface area contributed by atoms with Gasteiger partial charge in [-0.05, 0) is 17.7 Å². The van der Waals surface area contributed by atoms with Gasteiger partial charge >= 0.3 is 5.97 Å². The molecule has 0 saturated heterocycles. The minimum atomic E-state index is -0.433. The van der Waals surface area contributed by atoms with Crippen molar-refractivity contribution >= 4 is 5.97 Å². The zero-order chi connectivity index (χ0) is 10.4. The average molecular weight is 198 g/mol. The highest BCUT2D eigenvalue weighted by molar-refractivity contribution is 5.70. The smallest absolute Gasteiger partial charge is 0.332 e. The topological polar surface area (TPSA) is 35.5 Å². The Hall–Kier alpha value is -1.42. The molecule has 0 aliphatic carbocycles. The lowest BCUT2D eigenvalue weighted by Gasteiger charge is -2.03. The van der Waals surface area contributed by atoms with E-state index in [1.54, 1.807) is 12.1 Å². The Morgan fingerprint density at radius 1 is 1.36 bits per heavy atom. The minimum Gasteiger partial charge on any atom is -0.459 e. The van der Waals surface area contributed by atoms with E-state index in [4.69, 9.17) is 4.74 Å². The van der Waals surface area contributed by atoms with E-state index in [-0.39, 0.29) is 19.0 Å². The summed E-state index contributed by atoms with van der Waals surface area (Å²) in [5.74, 6) is -0.742. The van der Waals surface area contributed by atoms with Crippen LogP contribution in [0.1, 0.15) is 5.56 Å². The van der Waals surface area contributed by atoms with Crippen LogP contribution in [0.15, 0.2) is 24.3 Å². The molecule has 0 N–H and O–H groups in total. The molecule has 0 fully saturated rings. The molecule has 1 rings (SSSR count). The number of halogens is 1. The van der Waals surface area contributed by atoms with Crippen LogP contribution in [0.25, 0.3) is 0 Å². The van der Waals surface area contributed by atoms with Gasteiger partial charge in [-0.25, -0.2) is 9.18 Å². The van der Waals surface area contributed by atoms with Gasteiger partial charge in [0.2, 0.25) is 0 Å². The first-order valence-electron chi connectivity index (χ1n) is 4.11. The molecular weight excluding hydrogens is 187 g/mol. The Labute approximate surface area is 81.4 Å². The number of esters is 1. The maximum absolute atomic E-state index is 12.5. The predicted molar refractivity (Wildman–Crippen MR) is 48.1 cm³/mol. The van der Waals surface area contributed by atoms with Gasteiger partial charge in [-0.3, -0.25) is 0 Å². The number of hydrogen-bond donors (Lipinski definition) is 0. The summed E-state index contributed by atoms with van der Waals surface area (Å²) in [6.45, 7) is 0.0731. The quantitative estimate of drug-likeness (QED) is 0.688. The minimum absolute atomic E-state index is 0.0683. The van der Waals surface area contributed by atoms with Crippen molar-refractivity contribution in [2.24, 2.45) is 0 Å². The molecule has 1 aromatic rings. The van der Waals surface area contributed by atoms with Crippen molar-refractivity contribution in [2.75, 3.05) is 13.7 Å². The van der Waals surface area contributed by atoms with Gasteiger partial charge in [-0.1, -0.05) is 12.1 Å². The van der Waals surface area contributed by atoms with Crippen LogP contribution in [-0.4, -0.2) is 19.7 Å². The van der Waals surface area contributed by atoms with Crippen LogP contribution in [0, 0.1) is 5.82 Å². The Balaban J connectivity index is 2.38. The van der Waals surface area contributed by atoms with E-state index in [2.05, 4.69) is 4.74 Å². The molecule has 0 aliphatic rings. The molecule has 0 heterocycles. The lowest BCUT2D eigenvalue weighted by atomic mass is 10.2. The van der Waals surface area contributed by atoms with Crippen LogP contribution in [-0.2, 0) is 20.9 Å². The number of methoxy groups -OCH3 is 1. The van der Waals surface area contributed by atoms with Crippen LogP contribution in [0.4, 0.5) is 4.39 Å². The van der Waals surface area contributed by atoms with Gasteiger partial charge in [0.15, 0.2) is 0 Å². The number of rotatable bonds is 4. The van der Waals surface area contributed by atoms with Crippen molar-refractivity contribution in [3.05, 3.63) is 35.6 Å². The second kappa shape index (κ2) is 5.34.